The number of piperidine rings is 1. The third-order valence-electron chi connectivity index (χ3n) is 7.11. The van der Waals surface area contributed by atoms with E-state index in [1.54, 1.807) is 43.4 Å². The summed E-state index contributed by atoms with van der Waals surface area (Å²) in [7, 11) is 0. The van der Waals surface area contributed by atoms with E-state index in [0.717, 1.165) is 37.4 Å². The molecule has 46 heavy (non-hydrogen) atoms. The highest BCUT2D eigenvalue weighted by Gasteiger charge is 2.21. The molecule has 9 nitrogen and oxygen atoms in total. The van der Waals surface area contributed by atoms with E-state index < -0.39 is 5.97 Å². The van der Waals surface area contributed by atoms with Crippen LogP contribution in [0.1, 0.15) is 61.3 Å². The number of ether oxygens (including phenoxy) is 1. The zero-order valence-electron chi connectivity index (χ0n) is 29.0. The van der Waals surface area contributed by atoms with Crippen molar-refractivity contribution in [2.45, 2.75) is 73.5 Å². The van der Waals surface area contributed by atoms with Gasteiger partial charge in [0.05, 0.1) is 24.3 Å². The standard InChI is InChI=1S/C35H51N5O4.C2H6/c1-9-12-14-31(11-3)39-32(27(6)28(7)36)16-18-34(41)38-25(4)15-17-33(37-8)40-21-19-29(20-22-40)24-44-26(5)23-30(13-10-2)35(42)43;1-2/h9-18,23,26-27,29,32,39H,3,7-8,19-22,24,36H2,1-2,4-6H3,(H,38,41)(H,42,43);1-2H3/b12-9-,13-10-,18-16+,25-15+,30-23+,31-14+,33-17+;. The molecule has 5 N–H and O–H groups in total. The number of carbonyl (C=O) groups excluding carboxylic acids is 1. The fourth-order valence-electron chi connectivity index (χ4n) is 4.36. The minimum absolute atomic E-state index is 0.127. The molecule has 3 atom stereocenters. The van der Waals surface area contributed by atoms with Crippen molar-refractivity contribution in [3.05, 3.63) is 108 Å². The number of hydrogen-bond donors (Lipinski definition) is 4. The van der Waals surface area contributed by atoms with Crippen LogP contribution in [0.5, 0.6) is 0 Å². The Kier molecular flexibility index (Phi) is 21.7. The largest absolute Gasteiger partial charge is 0.478 e. The van der Waals surface area contributed by atoms with E-state index >= 15 is 0 Å². The molecule has 1 amide bonds. The molecule has 1 saturated heterocycles. The van der Waals surface area contributed by atoms with Crippen LogP contribution in [0.2, 0.25) is 0 Å². The molecular weight excluding hydrogens is 578 g/mol. The second kappa shape index (κ2) is 23.9. The average molecular weight is 636 g/mol. The zero-order valence-corrected chi connectivity index (χ0v) is 29.0. The van der Waals surface area contributed by atoms with Gasteiger partial charge in [0.15, 0.2) is 0 Å². The lowest BCUT2D eigenvalue weighted by Gasteiger charge is -2.33. The third-order valence-corrected chi connectivity index (χ3v) is 7.11. The minimum Gasteiger partial charge on any atom is -0.478 e. The molecule has 1 heterocycles. The van der Waals surface area contributed by atoms with Crippen molar-refractivity contribution in [3.63, 3.8) is 0 Å². The summed E-state index contributed by atoms with van der Waals surface area (Å²) < 4.78 is 5.92. The first-order chi connectivity index (χ1) is 21.9. The molecule has 1 rings (SSSR count). The Labute approximate surface area is 277 Å². The predicted molar refractivity (Wildman–Crippen MR) is 193 cm³/mol. The van der Waals surface area contributed by atoms with Gasteiger partial charge in [-0.05, 0) is 83.6 Å². The topological polar surface area (TPSA) is 129 Å². The average Bonchev–Trinajstić information content (AvgIpc) is 3.04. The van der Waals surface area contributed by atoms with Gasteiger partial charge in [0.2, 0.25) is 5.91 Å². The highest BCUT2D eigenvalue weighted by Crippen LogP contribution is 2.22. The van der Waals surface area contributed by atoms with Gasteiger partial charge < -0.3 is 31.1 Å². The summed E-state index contributed by atoms with van der Waals surface area (Å²) in [4.78, 5) is 30.4. The molecule has 1 aliphatic heterocycles. The number of carbonyl (C=O) groups is 2. The fourth-order valence-corrected chi connectivity index (χ4v) is 4.36. The van der Waals surface area contributed by atoms with E-state index in [1.807, 2.05) is 65.8 Å². The first-order valence-corrected chi connectivity index (χ1v) is 15.9. The molecule has 0 aromatic heterocycles. The van der Waals surface area contributed by atoms with Crippen LogP contribution < -0.4 is 16.4 Å². The number of carboxylic acids is 1. The lowest BCUT2D eigenvalue weighted by molar-refractivity contribution is -0.132. The number of aliphatic carboxylic acids is 1. The molecule has 3 unspecified atom stereocenters. The minimum atomic E-state index is -0.968. The Morgan fingerprint density at radius 2 is 1.76 bits per heavy atom. The van der Waals surface area contributed by atoms with Crippen molar-refractivity contribution in [2.75, 3.05) is 19.7 Å². The van der Waals surface area contributed by atoms with Crippen molar-refractivity contribution in [2.24, 2.45) is 22.6 Å². The number of likely N-dealkylation sites (tertiary alicyclic amines) is 1. The van der Waals surface area contributed by atoms with E-state index in [1.165, 1.54) is 6.08 Å². The molecule has 1 fully saturated rings. The first kappa shape index (κ1) is 41.6. The summed E-state index contributed by atoms with van der Waals surface area (Å²) in [6.07, 6.45) is 20.7. The molecule has 254 valence electrons. The lowest BCUT2D eigenvalue weighted by Crippen LogP contribution is -2.35. The Morgan fingerprint density at radius 3 is 2.28 bits per heavy atom. The summed E-state index contributed by atoms with van der Waals surface area (Å²) in [6.45, 7) is 26.9. The van der Waals surface area contributed by atoms with Gasteiger partial charge in [-0.1, -0.05) is 64.3 Å². The fraction of sp³-hybridized carbons (Fsp3) is 0.432. The van der Waals surface area contributed by atoms with Crippen molar-refractivity contribution < 1.29 is 19.4 Å². The number of aliphatic imine (C=N–C) groups is 1. The predicted octanol–water partition coefficient (Wildman–Crippen LogP) is 6.55. The highest BCUT2D eigenvalue weighted by molar-refractivity contribution is 5.90. The van der Waals surface area contributed by atoms with Crippen LogP contribution in [0.4, 0.5) is 0 Å². The maximum absolute atomic E-state index is 12.7. The summed E-state index contributed by atoms with van der Waals surface area (Å²) in [5.41, 5.74) is 8.15. The number of rotatable bonds is 18. The van der Waals surface area contributed by atoms with E-state index in [2.05, 4.69) is 40.4 Å². The van der Waals surface area contributed by atoms with Crippen LogP contribution in [0.3, 0.4) is 0 Å². The van der Waals surface area contributed by atoms with Gasteiger partial charge in [-0.15, -0.1) is 0 Å². The van der Waals surface area contributed by atoms with Crippen molar-refractivity contribution in [1.82, 2.24) is 15.5 Å². The van der Waals surface area contributed by atoms with Crippen molar-refractivity contribution in [1.29, 1.82) is 0 Å². The maximum atomic E-state index is 12.7. The Morgan fingerprint density at radius 1 is 1.11 bits per heavy atom. The van der Waals surface area contributed by atoms with Crippen LogP contribution in [-0.2, 0) is 14.3 Å². The summed E-state index contributed by atoms with van der Waals surface area (Å²) >= 11 is 0. The third kappa shape index (κ3) is 16.6. The number of nitrogens with zero attached hydrogens (tertiary/aromatic N) is 2. The van der Waals surface area contributed by atoms with E-state index in [0.29, 0.717) is 23.9 Å². The summed E-state index contributed by atoms with van der Waals surface area (Å²) in [5.74, 6) is -0.274. The van der Waals surface area contributed by atoms with Crippen LogP contribution in [0.25, 0.3) is 0 Å². The number of hydrogen-bond acceptors (Lipinski definition) is 7. The van der Waals surface area contributed by atoms with E-state index in [9.17, 15) is 14.7 Å². The normalized spacial score (nSPS) is 17.3. The van der Waals surface area contributed by atoms with Gasteiger partial charge in [-0.25, -0.2) is 9.79 Å². The molecule has 0 aliphatic carbocycles. The lowest BCUT2D eigenvalue weighted by atomic mass is 9.97. The molecule has 9 heteroatoms. The molecule has 0 radical (unpaired) electrons. The molecule has 0 aromatic carbocycles. The second-order valence-electron chi connectivity index (χ2n) is 10.7. The maximum Gasteiger partial charge on any atom is 0.335 e. The van der Waals surface area contributed by atoms with Gasteiger partial charge in [0.25, 0.3) is 0 Å². The van der Waals surface area contributed by atoms with E-state index in [4.69, 9.17) is 10.5 Å². The molecule has 1 aliphatic rings. The summed E-state index contributed by atoms with van der Waals surface area (Å²) in [5, 5.41) is 15.5. The van der Waals surface area contributed by atoms with Gasteiger partial charge in [-0.3, -0.25) is 4.79 Å². The molecule has 0 spiro atoms. The smallest absolute Gasteiger partial charge is 0.335 e. The van der Waals surface area contributed by atoms with Crippen LogP contribution in [-0.4, -0.2) is 60.4 Å². The van der Waals surface area contributed by atoms with Crippen molar-refractivity contribution in [3.8, 4) is 0 Å². The molecule has 0 bridgehead atoms. The summed E-state index contributed by atoms with van der Waals surface area (Å²) in [6, 6.07) is -0.262. The number of amides is 1. The molecule has 0 saturated carbocycles. The highest BCUT2D eigenvalue weighted by atomic mass is 16.5. The van der Waals surface area contributed by atoms with E-state index in [-0.39, 0.29) is 29.5 Å². The van der Waals surface area contributed by atoms with Crippen LogP contribution in [0.15, 0.2) is 113 Å². The number of nitrogens with two attached hydrogens (primary N) is 1. The molecular formula is C37H57N5O4. The second-order valence-corrected chi connectivity index (χ2v) is 10.7. The first-order valence-electron chi connectivity index (χ1n) is 15.9. The zero-order chi connectivity index (χ0) is 35.1. The van der Waals surface area contributed by atoms with Crippen molar-refractivity contribution >= 4 is 18.6 Å². The van der Waals surface area contributed by atoms with Gasteiger partial charge in [0.1, 0.15) is 5.82 Å². The number of allylic oxidation sites excluding steroid dienone is 8. The van der Waals surface area contributed by atoms with Gasteiger partial charge >= 0.3 is 5.97 Å². The number of nitrogens with one attached hydrogen (secondary N) is 2. The quantitative estimate of drug-likeness (QED) is 0.0764. The van der Waals surface area contributed by atoms with Gasteiger partial charge in [-0.2, -0.15) is 0 Å². The Bertz CT molecular complexity index is 1210. The Hall–Kier alpha value is -4.37. The monoisotopic (exact) mass is 635 g/mol. The van der Waals surface area contributed by atoms with Crippen LogP contribution in [0, 0.1) is 11.8 Å². The van der Waals surface area contributed by atoms with Crippen LogP contribution >= 0.6 is 0 Å². The van der Waals surface area contributed by atoms with Gasteiger partial charge in [0, 0.05) is 42.2 Å². The number of carboxylic acid groups (broad SMARTS) is 1. The SMILES string of the molecule is C=C/C(=C\C=C/C)NC(/C=C/C(=O)N/C(C)=C/C=C(\N=C)N1CCC(COC(C)/C=C(\C=C/C)C(=O)O)CC1)C(C)C(=C)N.CC. The molecule has 0 aromatic rings. The Balaban J connectivity index is 0.00000991.